The predicted octanol–water partition coefficient (Wildman–Crippen LogP) is 2.65. The van der Waals surface area contributed by atoms with Crippen LogP contribution in [0.25, 0.3) is 0 Å². The highest BCUT2D eigenvalue weighted by atomic mass is 16.5. The van der Waals surface area contributed by atoms with Crippen LogP contribution in [0, 0.1) is 0 Å². The van der Waals surface area contributed by atoms with Crippen molar-refractivity contribution in [2.45, 2.75) is 39.0 Å². The maximum Gasteiger partial charge on any atom is 0.246 e. The summed E-state index contributed by atoms with van der Waals surface area (Å²) >= 11 is 0. The molecule has 1 aromatic rings. The van der Waals surface area contributed by atoms with E-state index in [2.05, 4.69) is 16.9 Å². The Balaban J connectivity index is 2.66. The van der Waals surface area contributed by atoms with E-state index in [0.717, 1.165) is 25.7 Å². The van der Waals surface area contributed by atoms with Gasteiger partial charge in [0.25, 0.3) is 0 Å². The molecule has 0 saturated heterocycles. The van der Waals surface area contributed by atoms with Crippen LogP contribution in [-0.2, 0) is 0 Å². The monoisotopic (exact) mass is 252 g/mol. The van der Waals surface area contributed by atoms with Gasteiger partial charge in [-0.1, -0.05) is 26.2 Å². The minimum atomic E-state index is -0.0295. The molecule has 1 aromatic heterocycles. The number of carbonyl (C=O) groups excluding carboxylic acids is 1. The van der Waals surface area contributed by atoms with Gasteiger partial charge in [-0.15, -0.1) is 0 Å². The van der Waals surface area contributed by atoms with Gasteiger partial charge in [0.15, 0.2) is 11.5 Å². The van der Waals surface area contributed by atoms with E-state index in [4.69, 9.17) is 9.47 Å². The SMILES string of the molecule is CCCCCCC(=O)c1ncc(OC)nc1OC. The highest BCUT2D eigenvalue weighted by Crippen LogP contribution is 2.19. The average Bonchev–Trinajstić information content (AvgIpc) is 2.42. The van der Waals surface area contributed by atoms with E-state index in [1.54, 1.807) is 0 Å². The van der Waals surface area contributed by atoms with Crippen LogP contribution >= 0.6 is 0 Å². The number of unbranched alkanes of at least 4 members (excludes halogenated alkanes) is 3. The van der Waals surface area contributed by atoms with Crippen molar-refractivity contribution < 1.29 is 14.3 Å². The van der Waals surface area contributed by atoms with Gasteiger partial charge in [0.1, 0.15) is 0 Å². The van der Waals surface area contributed by atoms with Gasteiger partial charge < -0.3 is 9.47 Å². The molecule has 5 heteroatoms. The van der Waals surface area contributed by atoms with Crippen LogP contribution in [0.2, 0.25) is 0 Å². The zero-order chi connectivity index (χ0) is 13.4. The largest absolute Gasteiger partial charge is 0.480 e. The number of aromatic nitrogens is 2. The zero-order valence-corrected chi connectivity index (χ0v) is 11.2. The third-order valence-corrected chi connectivity index (χ3v) is 2.64. The highest BCUT2D eigenvalue weighted by Gasteiger charge is 2.16. The number of methoxy groups -OCH3 is 2. The number of rotatable bonds is 8. The molecule has 0 atom stereocenters. The Morgan fingerprint density at radius 1 is 1.22 bits per heavy atom. The zero-order valence-electron chi connectivity index (χ0n) is 11.2. The molecule has 0 aromatic carbocycles. The molecule has 0 fully saturated rings. The van der Waals surface area contributed by atoms with Crippen LogP contribution in [0.1, 0.15) is 49.5 Å². The maximum atomic E-state index is 12.0. The second-order valence-corrected chi connectivity index (χ2v) is 4.00. The number of nitrogens with zero attached hydrogens (tertiary/aromatic N) is 2. The Hall–Kier alpha value is -1.65. The van der Waals surface area contributed by atoms with Gasteiger partial charge >= 0.3 is 0 Å². The van der Waals surface area contributed by atoms with E-state index in [1.807, 2.05) is 0 Å². The fourth-order valence-corrected chi connectivity index (χ4v) is 1.62. The number of carbonyl (C=O) groups is 1. The van der Waals surface area contributed by atoms with Gasteiger partial charge in [0.2, 0.25) is 11.8 Å². The van der Waals surface area contributed by atoms with Crippen molar-refractivity contribution in [3.63, 3.8) is 0 Å². The number of hydrogen-bond acceptors (Lipinski definition) is 5. The van der Waals surface area contributed by atoms with Crippen molar-refractivity contribution in [3.8, 4) is 11.8 Å². The fraction of sp³-hybridized carbons (Fsp3) is 0.615. The molecule has 1 rings (SSSR count). The molecule has 5 nitrogen and oxygen atoms in total. The maximum absolute atomic E-state index is 12.0. The van der Waals surface area contributed by atoms with Crippen molar-refractivity contribution in [3.05, 3.63) is 11.9 Å². The van der Waals surface area contributed by atoms with E-state index in [9.17, 15) is 4.79 Å². The van der Waals surface area contributed by atoms with Crippen LogP contribution in [0.5, 0.6) is 11.8 Å². The summed E-state index contributed by atoms with van der Waals surface area (Å²) in [6, 6.07) is 0. The van der Waals surface area contributed by atoms with Crippen LogP contribution < -0.4 is 9.47 Å². The first kappa shape index (κ1) is 14.4. The number of Topliss-reactive ketones (excluding diaryl/α,β-unsaturated/α-hetero) is 1. The van der Waals surface area contributed by atoms with Gasteiger partial charge in [0, 0.05) is 6.42 Å². The van der Waals surface area contributed by atoms with Crippen LogP contribution in [-0.4, -0.2) is 30.0 Å². The van der Waals surface area contributed by atoms with E-state index in [1.165, 1.54) is 20.4 Å². The Morgan fingerprint density at radius 2 is 2.00 bits per heavy atom. The van der Waals surface area contributed by atoms with Gasteiger partial charge in [-0.25, -0.2) is 4.98 Å². The lowest BCUT2D eigenvalue weighted by Crippen LogP contribution is -2.07. The summed E-state index contributed by atoms with van der Waals surface area (Å²) in [4.78, 5) is 20.1. The first-order valence-corrected chi connectivity index (χ1v) is 6.21. The third kappa shape index (κ3) is 3.98. The molecular formula is C13H20N2O3. The minimum Gasteiger partial charge on any atom is -0.480 e. The average molecular weight is 252 g/mol. The Morgan fingerprint density at radius 3 is 2.61 bits per heavy atom. The molecular weight excluding hydrogens is 232 g/mol. The quantitative estimate of drug-likeness (QED) is 0.525. The summed E-state index contributed by atoms with van der Waals surface area (Å²) < 4.78 is 10.0. The summed E-state index contributed by atoms with van der Waals surface area (Å²) in [5.74, 6) is 0.544. The van der Waals surface area contributed by atoms with Crippen LogP contribution in [0.4, 0.5) is 0 Å². The minimum absolute atomic E-state index is 0.0295. The second-order valence-electron chi connectivity index (χ2n) is 4.00. The van der Waals surface area contributed by atoms with Crippen molar-refractivity contribution in [1.82, 2.24) is 9.97 Å². The molecule has 0 unspecified atom stereocenters. The Bertz CT molecular complexity index is 394. The standard InChI is InChI=1S/C13H20N2O3/c1-4-5-6-7-8-10(16)12-13(18-3)15-11(17-2)9-14-12/h9H,4-8H2,1-3H3. The van der Waals surface area contributed by atoms with Crippen LogP contribution in [0.15, 0.2) is 6.20 Å². The number of hydrogen-bond donors (Lipinski definition) is 0. The van der Waals surface area contributed by atoms with E-state index >= 15 is 0 Å². The molecule has 0 saturated carbocycles. The summed E-state index contributed by atoms with van der Waals surface area (Å²) in [6.07, 6.45) is 6.16. The number of ether oxygens (including phenoxy) is 2. The fourth-order valence-electron chi connectivity index (χ4n) is 1.62. The lowest BCUT2D eigenvalue weighted by molar-refractivity contribution is 0.0970. The summed E-state index contributed by atoms with van der Waals surface area (Å²) in [6.45, 7) is 2.14. The summed E-state index contributed by atoms with van der Waals surface area (Å²) in [5.41, 5.74) is 0.287. The molecule has 0 aliphatic heterocycles. The molecule has 18 heavy (non-hydrogen) atoms. The lowest BCUT2D eigenvalue weighted by Gasteiger charge is -2.07. The summed E-state index contributed by atoms with van der Waals surface area (Å²) in [5, 5.41) is 0. The molecule has 0 radical (unpaired) electrons. The molecule has 0 aliphatic carbocycles. The number of ketones is 1. The lowest BCUT2D eigenvalue weighted by atomic mass is 10.1. The third-order valence-electron chi connectivity index (χ3n) is 2.64. The van der Waals surface area contributed by atoms with Gasteiger partial charge in [-0.05, 0) is 6.42 Å². The molecule has 0 amide bonds. The molecule has 100 valence electrons. The van der Waals surface area contributed by atoms with Crippen molar-refractivity contribution in [1.29, 1.82) is 0 Å². The topological polar surface area (TPSA) is 61.3 Å². The first-order valence-electron chi connectivity index (χ1n) is 6.21. The van der Waals surface area contributed by atoms with E-state index in [-0.39, 0.29) is 17.4 Å². The molecule has 0 bridgehead atoms. The normalized spacial score (nSPS) is 10.2. The molecule has 1 heterocycles. The van der Waals surface area contributed by atoms with E-state index < -0.39 is 0 Å². The Kier molecular flexibility index (Phi) is 6.11. The van der Waals surface area contributed by atoms with Gasteiger partial charge in [-0.2, -0.15) is 4.98 Å². The van der Waals surface area contributed by atoms with E-state index in [0.29, 0.717) is 12.3 Å². The second kappa shape index (κ2) is 7.63. The smallest absolute Gasteiger partial charge is 0.246 e. The van der Waals surface area contributed by atoms with Gasteiger partial charge in [-0.3, -0.25) is 4.79 Å². The highest BCUT2D eigenvalue weighted by molar-refractivity contribution is 5.96. The van der Waals surface area contributed by atoms with Gasteiger partial charge in [0.05, 0.1) is 20.4 Å². The van der Waals surface area contributed by atoms with Crippen molar-refractivity contribution in [2.24, 2.45) is 0 Å². The first-order chi connectivity index (χ1) is 8.72. The Labute approximate surface area is 108 Å². The molecule has 0 spiro atoms. The van der Waals surface area contributed by atoms with Crippen molar-refractivity contribution >= 4 is 5.78 Å². The molecule has 0 aliphatic rings. The molecule has 0 N–H and O–H groups in total. The van der Waals surface area contributed by atoms with Crippen molar-refractivity contribution in [2.75, 3.05) is 14.2 Å². The van der Waals surface area contributed by atoms with Crippen LogP contribution in [0.3, 0.4) is 0 Å². The predicted molar refractivity (Wildman–Crippen MR) is 68.2 cm³/mol. The summed E-state index contributed by atoms with van der Waals surface area (Å²) in [7, 11) is 2.97.